The van der Waals surface area contributed by atoms with Crippen molar-refractivity contribution in [3.8, 4) is 11.5 Å². The van der Waals surface area contributed by atoms with Gasteiger partial charge in [-0.25, -0.2) is 0 Å². The number of benzene rings is 2. The van der Waals surface area contributed by atoms with Crippen LogP contribution in [0.15, 0.2) is 97.1 Å². The fourth-order valence-corrected chi connectivity index (χ4v) is 3.80. The van der Waals surface area contributed by atoms with Crippen LogP contribution in [0.5, 0.6) is 11.5 Å². The SMILES string of the molecule is C1=CC(Cc2ccc(OCCCCOc3ccc(CC4C=CC=C4)cc3)cc2)C=C1. The van der Waals surface area contributed by atoms with E-state index in [9.17, 15) is 0 Å². The summed E-state index contributed by atoms with van der Waals surface area (Å²) in [6, 6.07) is 17.0. The van der Waals surface area contributed by atoms with E-state index < -0.39 is 0 Å². The normalized spacial score (nSPS) is 15.3. The lowest BCUT2D eigenvalue weighted by Crippen LogP contribution is -2.03. The minimum Gasteiger partial charge on any atom is -0.494 e. The minimum absolute atomic E-state index is 0.537. The molecule has 4 rings (SSSR count). The second-order valence-electron chi connectivity index (χ2n) is 7.97. The van der Waals surface area contributed by atoms with Crippen LogP contribution in [-0.2, 0) is 12.8 Å². The van der Waals surface area contributed by atoms with Crippen LogP contribution in [0.4, 0.5) is 0 Å². The summed E-state index contributed by atoms with van der Waals surface area (Å²) in [7, 11) is 0. The van der Waals surface area contributed by atoms with E-state index in [1.165, 1.54) is 11.1 Å². The van der Waals surface area contributed by atoms with Gasteiger partial charge in [-0.15, -0.1) is 0 Å². The van der Waals surface area contributed by atoms with Crippen molar-refractivity contribution < 1.29 is 9.47 Å². The Kier molecular flexibility index (Phi) is 7.22. The van der Waals surface area contributed by atoms with Gasteiger partial charge in [0.25, 0.3) is 0 Å². The predicted octanol–water partition coefficient (Wildman–Crippen LogP) is 6.49. The summed E-state index contributed by atoms with van der Waals surface area (Å²) in [4.78, 5) is 0. The third-order valence-corrected chi connectivity index (χ3v) is 5.52. The molecule has 0 aromatic heterocycles. The Balaban J connectivity index is 1.09. The summed E-state index contributed by atoms with van der Waals surface area (Å²) >= 11 is 0. The quantitative estimate of drug-likeness (QED) is 0.403. The van der Waals surface area contributed by atoms with Crippen LogP contribution in [0.2, 0.25) is 0 Å². The Morgan fingerprint density at radius 3 is 1.23 bits per heavy atom. The second kappa shape index (κ2) is 10.7. The zero-order valence-electron chi connectivity index (χ0n) is 17.5. The molecule has 2 heteroatoms. The third-order valence-electron chi connectivity index (χ3n) is 5.52. The van der Waals surface area contributed by atoms with E-state index in [4.69, 9.17) is 9.47 Å². The zero-order chi connectivity index (χ0) is 20.4. The summed E-state index contributed by atoms with van der Waals surface area (Å²) in [5.41, 5.74) is 2.69. The molecule has 0 saturated carbocycles. The molecule has 2 aromatic carbocycles. The van der Waals surface area contributed by atoms with E-state index in [0.717, 1.165) is 50.4 Å². The van der Waals surface area contributed by atoms with Crippen molar-refractivity contribution in [2.24, 2.45) is 11.8 Å². The van der Waals surface area contributed by atoms with Gasteiger partial charge in [-0.1, -0.05) is 72.9 Å². The molecule has 2 nitrogen and oxygen atoms in total. The van der Waals surface area contributed by atoms with Gasteiger partial charge < -0.3 is 9.47 Å². The summed E-state index contributed by atoms with van der Waals surface area (Å²) in [6.45, 7) is 1.44. The number of hydrogen-bond acceptors (Lipinski definition) is 2. The molecule has 0 unspecified atom stereocenters. The van der Waals surface area contributed by atoms with E-state index in [2.05, 4.69) is 97.1 Å². The van der Waals surface area contributed by atoms with Crippen molar-refractivity contribution in [3.63, 3.8) is 0 Å². The molecular formula is C28H30O2. The molecule has 0 N–H and O–H groups in total. The van der Waals surface area contributed by atoms with Crippen LogP contribution in [0, 0.1) is 11.8 Å². The molecule has 0 atom stereocenters. The predicted molar refractivity (Wildman–Crippen MR) is 124 cm³/mol. The Hall–Kier alpha value is -3.00. The van der Waals surface area contributed by atoms with Gasteiger partial charge in [0.1, 0.15) is 11.5 Å². The number of hydrogen-bond donors (Lipinski definition) is 0. The van der Waals surface area contributed by atoms with Gasteiger partial charge in [0.15, 0.2) is 0 Å². The van der Waals surface area contributed by atoms with Gasteiger partial charge in [-0.3, -0.25) is 0 Å². The molecule has 0 aliphatic heterocycles. The number of unbranched alkanes of at least 4 members (excludes halogenated alkanes) is 1. The molecule has 0 spiro atoms. The van der Waals surface area contributed by atoms with Crippen LogP contribution >= 0.6 is 0 Å². The Bertz CT molecular complexity index is 799. The molecule has 2 aliphatic carbocycles. The first-order chi connectivity index (χ1) is 14.8. The molecule has 30 heavy (non-hydrogen) atoms. The third kappa shape index (κ3) is 6.25. The van der Waals surface area contributed by atoms with E-state index in [0.29, 0.717) is 11.8 Å². The highest BCUT2D eigenvalue weighted by atomic mass is 16.5. The average molecular weight is 399 g/mol. The summed E-state index contributed by atoms with van der Waals surface area (Å²) in [6.07, 6.45) is 21.5. The number of allylic oxidation sites excluding steroid dienone is 8. The van der Waals surface area contributed by atoms with E-state index in [-0.39, 0.29) is 0 Å². The average Bonchev–Trinajstić information content (AvgIpc) is 3.47. The minimum atomic E-state index is 0.537. The fourth-order valence-electron chi connectivity index (χ4n) is 3.80. The van der Waals surface area contributed by atoms with Crippen molar-refractivity contribution >= 4 is 0 Å². The molecule has 0 fully saturated rings. The number of ether oxygens (including phenoxy) is 2. The van der Waals surface area contributed by atoms with E-state index >= 15 is 0 Å². The first-order valence-electron chi connectivity index (χ1n) is 11.0. The molecule has 154 valence electrons. The monoisotopic (exact) mass is 398 g/mol. The van der Waals surface area contributed by atoms with Crippen molar-refractivity contribution in [1.82, 2.24) is 0 Å². The molecule has 0 saturated heterocycles. The Morgan fingerprint density at radius 1 is 0.500 bits per heavy atom. The van der Waals surface area contributed by atoms with Crippen molar-refractivity contribution in [2.75, 3.05) is 13.2 Å². The maximum Gasteiger partial charge on any atom is 0.119 e. The van der Waals surface area contributed by atoms with Crippen molar-refractivity contribution in [2.45, 2.75) is 25.7 Å². The molecule has 0 bridgehead atoms. The fraction of sp³-hybridized carbons (Fsp3) is 0.286. The van der Waals surface area contributed by atoms with Crippen LogP contribution in [0.1, 0.15) is 24.0 Å². The van der Waals surface area contributed by atoms with Gasteiger partial charge in [-0.2, -0.15) is 0 Å². The second-order valence-corrected chi connectivity index (χ2v) is 7.97. The Labute approximate surface area is 180 Å². The lowest BCUT2D eigenvalue weighted by molar-refractivity contribution is 0.266. The molecule has 2 aromatic rings. The van der Waals surface area contributed by atoms with Crippen molar-refractivity contribution in [3.05, 3.63) is 108 Å². The van der Waals surface area contributed by atoms with Gasteiger partial charge in [0.2, 0.25) is 0 Å². The van der Waals surface area contributed by atoms with Gasteiger partial charge >= 0.3 is 0 Å². The molecule has 0 amide bonds. The summed E-state index contributed by atoms with van der Waals surface area (Å²) < 4.78 is 11.7. The topological polar surface area (TPSA) is 18.5 Å². The summed E-state index contributed by atoms with van der Waals surface area (Å²) in [5.74, 6) is 2.96. The maximum absolute atomic E-state index is 5.87. The summed E-state index contributed by atoms with van der Waals surface area (Å²) in [5, 5.41) is 0. The highest BCUT2D eigenvalue weighted by molar-refractivity contribution is 5.31. The number of rotatable bonds is 11. The van der Waals surface area contributed by atoms with E-state index in [1.54, 1.807) is 0 Å². The zero-order valence-corrected chi connectivity index (χ0v) is 17.5. The van der Waals surface area contributed by atoms with Crippen LogP contribution < -0.4 is 9.47 Å². The molecular weight excluding hydrogens is 368 g/mol. The standard InChI is InChI=1S/C28H30O2/c1-2-8-23(7-1)21-25-11-15-27(16-12-25)29-19-5-6-20-30-28-17-13-26(14-18-28)22-24-9-3-4-10-24/h1-4,7-18,23-24H,5-6,19-22H2. The largest absolute Gasteiger partial charge is 0.494 e. The van der Waals surface area contributed by atoms with Gasteiger partial charge in [0, 0.05) is 0 Å². The van der Waals surface area contributed by atoms with E-state index in [1.807, 2.05) is 0 Å². The highest BCUT2D eigenvalue weighted by Gasteiger charge is 2.06. The van der Waals surface area contributed by atoms with Crippen LogP contribution in [-0.4, -0.2) is 13.2 Å². The molecule has 0 heterocycles. The Morgan fingerprint density at radius 2 is 0.867 bits per heavy atom. The van der Waals surface area contributed by atoms with Crippen LogP contribution in [0.3, 0.4) is 0 Å². The molecule has 2 aliphatic rings. The first kappa shape index (κ1) is 20.3. The van der Waals surface area contributed by atoms with Crippen molar-refractivity contribution in [1.29, 1.82) is 0 Å². The van der Waals surface area contributed by atoms with Gasteiger partial charge in [-0.05, 0) is 72.9 Å². The van der Waals surface area contributed by atoms with Gasteiger partial charge in [0.05, 0.1) is 13.2 Å². The van der Waals surface area contributed by atoms with Crippen LogP contribution in [0.25, 0.3) is 0 Å². The smallest absolute Gasteiger partial charge is 0.119 e. The highest BCUT2D eigenvalue weighted by Crippen LogP contribution is 2.20. The maximum atomic E-state index is 5.87. The lowest BCUT2D eigenvalue weighted by atomic mass is 10.0. The molecule has 0 radical (unpaired) electrons. The lowest BCUT2D eigenvalue weighted by Gasteiger charge is -2.10. The first-order valence-corrected chi connectivity index (χ1v) is 11.0.